The molecule has 17 heavy (non-hydrogen) atoms. The van der Waals surface area contributed by atoms with Gasteiger partial charge in [-0.3, -0.25) is 0 Å². The van der Waals surface area contributed by atoms with Gasteiger partial charge in [-0.25, -0.2) is 4.39 Å². The van der Waals surface area contributed by atoms with Crippen molar-refractivity contribution in [3.05, 3.63) is 34.6 Å². The van der Waals surface area contributed by atoms with Crippen molar-refractivity contribution in [2.75, 3.05) is 0 Å². The molecule has 0 radical (unpaired) electrons. The van der Waals surface area contributed by atoms with Crippen LogP contribution < -0.4 is 0 Å². The molecule has 0 saturated heterocycles. The van der Waals surface area contributed by atoms with Gasteiger partial charge >= 0.3 is 0 Å². The molecule has 1 saturated carbocycles. The van der Waals surface area contributed by atoms with Crippen LogP contribution in [0.4, 0.5) is 4.39 Å². The predicted octanol–water partition coefficient (Wildman–Crippen LogP) is 5.37. The van der Waals surface area contributed by atoms with Crippen LogP contribution in [0.5, 0.6) is 0 Å². The van der Waals surface area contributed by atoms with Crippen LogP contribution in [-0.4, -0.2) is 4.83 Å². The minimum atomic E-state index is -0.198. The Morgan fingerprint density at radius 3 is 2.76 bits per heavy atom. The van der Waals surface area contributed by atoms with E-state index in [4.69, 9.17) is 11.6 Å². The topological polar surface area (TPSA) is 0 Å². The first-order chi connectivity index (χ1) is 8.16. The third-order valence-electron chi connectivity index (χ3n) is 3.61. The molecule has 1 aliphatic carbocycles. The molecule has 0 aliphatic heterocycles. The molecular weight excluding hydrogens is 303 g/mol. The van der Waals surface area contributed by atoms with Crippen LogP contribution in [0.1, 0.15) is 37.7 Å². The first kappa shape index (κ1) is 13.4. The highest BCUT2D eigenvalue weighted by atomic mass is 79.9. The number of hydrogen-bond donors (Lipinski definition) is 0. The van der Waals surface area contributed by atoms with E-state index in [1.807, 2.05) is 0 Å². The zero-order chi connectivity index (χ0) is 12.3. The summed E-state index contributed by atoms with van der Waals surface area (Å²) in [5.74, 6) is 0.596. The molecule has 1 aromatic carbocycles. The Kier molecular flexibility index (Phi) is 4.87. The highest BCUT2D eigenvalue weighted by Crippen LogP contribution is 2.34. The van der Waals surface area contributed by atoms with Gasteiger partial charge in [-0.15, -0.1) is 0 Å². The van der Waals surface area contributed by atoms with E-state index in [-0.39, 0.29) is 5.82 Å². The Balaban J connectivity index is 1.90. The van der Waals surface area contributed by atoms with Crippen molar-refractivity contribution in [3.8, 4) is 0 Å². The Morgan fingerprint density at radius 1 is 1.35 bits per heavy atom. The third-order valence-corrected chi connectivity index (χ3v) is 5.18. The lowest BCUT2D eigenvalue weighted by Gasteiger charge is -2.17. The van der Waals surface area contributed by atoms with Gasteiger partial charge in [-0.2, -0.15) is 0 Å². The van der Waals surface area contributed by atoms with E-state index in [0.29, 0.717) is 9.85 Å². The minimum Gasteiger partial charge on any atom is -0.207 e. The largest absolute Gasteiger partial charge is 0.207 e. The molecule has 1 aromatic rings. The van der Waals surface area contributed by atoms with Crippen LogP contribution in [0.2, 0.25) is 5.02 Å². The highest BCUT2D eigenvalue weighted by molar-refractivity contribution is 9.09. The molecule has 0 bridgehead atoms. The molecule has 0 heterocycles. The lowest BCUT2D eigenvalue weighted by molar-refractivity contribution is 0.505. The van der Waals surface area contributed by atoms with E-state index in [0.717, 1.165) is 24.3 Å². The van der Waals surface area contributed by atoms with Gasteiger partial charge in [0.2, 0.25) is 0 Å². The molecule has 2 rings (SSSR count). The Morgan fingerprint density at radius 2 is 2.06 bits per heavy atom. The van der Waals surface area contributed by atoms with Crippen molar-refractivity contribution in [3.63, 3.8) is 0 Å². The maximum atomic E-state index is 13.1. The molecule has 1 unspecified atom stereocenters. The quantitative estimate of drug-likeness (QED) is 0.655. The first-order valence-corrected chi connectivity index (χ1v) is 7.54. The number of benzene rings is 1. The zero-order valence-corrected chi connectivity index (χ0v) is 12.1. The number of alkyl halides is 1. The molecule has 1 atom stereocenters. The second-order valence-corrected chi connectivity index (χ2v) is 6.42. The molecule has 0 amide bonds. The summed E-state index contributed by atoms with van der Waals surface area (Å²) in [5, 5.41) is 0.678. The summed E-state index contributed by atoms with van der Waals surface area (Å²) in [6.07, 6.45) is 7.25. The van der Waals surface area contributed by atoms with E-state index < -0.39 is 0 Å². The Labute approximate surface area is 116 Å². The summed E-state index contributed by atoms with van der Waals surface area (Å²) in [7, 11) is 0. The standard InChI is InChI=1S/C14H17BrClF/c15-13(10-3-1-2-4-10)7-5-11-9-12(17)6-8-14(11)16/h6,8-10,13H,1-5,7H2. The van der Waals surface area contributed by atoms with Crippen LogP contribution in [0.25, 0.3) is 0 Å². The predicted molar refractivity (Wildman–Crippen MR) is 74.4 cm³/mol. The summed E-state index contributed by atoms with van der Waals surface area (Å²) >= 11 is 9.83. The van der Waals surface area contributed by atoms with Crippen LogP contribution in [0, 0.1) is 11.7 Å². The van der Waals surface area contributed by atoms with E-state index in [9.17, 15) is 4.39 Å². The summed E-state index contributed by atoms with van der Waals surface area (Å²) in [5.41, 5.74) is 0.925. The maximum Gasteiger partial charge on any atom is 0.123 e. The van der Waals surface area contributed by atoms with E-state index >= 15 is 0 Å². The zero-order valence-electron chi connectivity index (χ0n) is 9.76. The van der Waals surface area contributed by atoms with Crippen molar-refractivity contribution in [2.45, 2.75) is 43.4 Å². The van der Waals surface area contributed by atoms with Gasteiger partial charge in [0.15, 0.2) is 0 Å². The number of halogens is 3. The number of hydrogen-bond acceptors (Lipinski definition) is 0. The lowest BCUT2D eigenvalue weighted by atomic mass is 9.98. The molecule has 1 fully saturated rings. The monoisotopic (exact) mass is 318 g/mol. The second kappa shape index (κ2) is 6.19. The fourth-order valence-electron chi connectivity index (χ4n) is 2.58. The summed E-state index contributed by atoms with van der Waals surface area (Å²) < 4.78 is 13.1. The van der Waals surface area contributed by atoms with Gasteiger partial charge in [0.1, 0.15) is 5.82 Å². The van der Waals surface area contributed by atoms with Gasteiger partial charge in [-0.05, 0) is 55.4 Å². The average molecular weight is 320 g/mol. The Bertz CT molecular complexity index is 374. The average Bonchev–Trinajstić information content (AvgIpc) is 2.83. The second-order valence-electron chi connectivity index (χ2n) is 4.83. The van der Waals surface area contributed by atoms with Crippen LogP contribution >= 0.6 is 27.5 Å². The van der Waals surface area contributed by atoms with Crippen molar-refractivity contribution < 1.29 is 4.39 Å². The van der Waals surface area contributed by atoms with Gasteiger partial charge in [-0.1, -0.05) is 40.4 Å². The smallest absolute Gasteiger partial charge is 0.123 e. The fraction of sp³-hybridized carbons (Fsp3) is 0.571. The van der Waals surface area contributed by atoms with Crippen LogP contribution in [0.3, 0.4) is 0 Å². The van der Waals surface area contributed by atoms with Crippen molar-refractivity contribution in [2.24, 2.45) is 5.92 Å². The summed E-state index contributed by atoms with van der Waals surface area (Å²) in [4.78, 5) is 0.546. The van der Waals surface area contributed by atoms with Crippen LogP contribution in [-0.2, 0) is 6.42 Å². The van der Waals surface area contributed by atoms with Crippen molar-refractivity contribution in [1.82, 2.24) is 0 Å². The SMILES string of the molecule is Fc1ccc(Cl)c(CCC(Br)C2CCCC2)c1. The summed E-state index contributed by atoms with van der Waals surface area (Å²) in [6.45, 7) is 0. The highest BCUT2D eigenvalue weighted by Gasteiger charge is 2.22. The maximum absolute atomic E-state index is 13.1. The normalized spacial score (nSPS) is 18.5. The molecule has 3 heteroatoms. The number of rotatable bonds is 4. The first-order valence-electron chi connectivity index (χ1n) is 6.25. The van der Waals surface area contributed by atoms with Crippen molar-refractivity contribution in [1.29, 1.82) is 0 Å². The Hall–Kier alpha value is -0.0800. The van der Waals surface area contributed by atoms with Gasteiger partial charge in [0.05, 0.1) is 0 Å². The van der Waals surface area contributed by atoms with Gasteiger partial charge in [0, 0.05) is 9.85 Å². The molecular formula is C14H17BrClF. The van der Waals surface area contributed by atoms with E-state index in [1.54, 1.807) is 12.1 Å². The minimum absolute atomic E-state index is 0.198. The summed E-state index contributed by atoms with van der Waals surface area (Å²) in [6, 6.07) is 4.61. The molecule has 0 spiro atoms. The van der Waals surface area contributed by atoms with E-state index in [1.165, 1.54) is 31.7 Å². The van der Waals surface area contributed by atoms with Crippen molar-refractivity contribution >= 4 is 27.5 Å². The van der Waals surface area contributed by atoms with Crippen LogP contribution in [0.15, 0.2) is 18.2 Å². The molecule has 0 nitrogen and oxygen atoms in total. The fourth-order valence-corrected chi connectivity index (χ4v) is 3.55. The molecule has 0 N–H and O–H groups in total. The van der Waals surface area contributed by atoms with E-state index in [2.05, 4.69) is 15.9 Å². The third kappa shape index (κ3) is 3.69. The van der Waals surface area contributed by atoms with Gasteiger partial charge in [0.25, 0.3) is 0 Å². The lowest BCUT2D eigenvalue weighted by Crippen LogP contribution is -2.11. The molecule has 1 aliphatic rings. The molecule has 0 aromatic heterocycles. The van der Waals surface area contributed by atoms with Gasteiger partial charge < -0.3 is 0 Å². The molecule has 94 valence electrons. The number of aryl methyl sites for hydroxylation is 1.